The van der Waals surface area contributed by atoms with Crippen LogP contribution in [0.25, 0.3) is 0 Å². The first-order valence-corrected chi connectivity index (χ1v) is 33.2. The fourth-order valence-corrected chi connectivity index (χ4v) is 8.51. The second kappa shape index (κ2) is 66.3. The maximum absolute atomic E-state index is 12.4. The minimum absolute atomic E-state index is 0.0420. The number of carbonyl (C=O) groups is 10. The third-order valence-corrected chi connectivity index (χ3v) is 13.6. The summed E-state index contributed by atoms with van der Waals surface area (Å²) in [5.41, 5.74) is 0. The average Bonchev–Trinajstić information content (AvgIpc) is 3.74. The van der Waals surface area contributed by atoms with Gasteiger partial charge in [-0.25, -0.2) is 4.79 Å². The largest absolute Gasteiger partial charge is 0.481 e. The summed E-state index contributed by atoms with van der Waals surface area (Å²) >= 11 is 0. The molecule has 0 aromatic rings. The van der Waals surface area contributed by atoms with Crippen molar-refractivity contribution in [1.82, 2.24) is 42.5 Å². The van der Waals surface area contributed by atoms with Crippen LogP contribution >= 0.6 is 0 Å². The van der Waals surface area contributed by atoms with Crippen molar-refractivity contribution in [2.24, 2.45) is 0 Å². The van der Waals surface area contributed by atoms with Crippen LogP contribution in [0.3, 0.4) is 0 Å². The number of unbranched alkanes of at least 4 members (excludes halogenated alkanes) is 16. The van der Waals surface area contributed by atoms with Gasteiger partial charge >= 0.3 is 17.9 Å². The van der Waals surface area contributed by atoms with Crippen LogP contribution in [-0.2, 0) is 95.3 Å². The van der Waals surface area contributed by atoms with E-state index in [1.165, 1.54) is 57.8 Å². The van der Waals surface area contributed by atoms with Crippen LogP contribution in [0.4, 0.5) is 0 Å². The Labute approximate surface area is 549 Å². The lowest BCUT2D eigenvalue weighted by Crippen LogP contribution is -2.41. The zero-order chi connectivity index (χ0) is 68.3. The molecule has 0 saturated carbocycles. The van der Waals surface area contributed by atoms with Crippen molar-refractivity contribution in [3.63, 3.8) is 0 Å². The SMILES string of the molecule is CN[C@@H](CCCCNC(=O)COCCOCCNC(=O)COCCOCCNC(=O)COCCOCCNC(=O)COCCOCCNC(=O)COCCOCCNC(=O)CC[C@H](NC(=O)CCCCCCCCCCCCCCCCCCC(=O)O)C(=O)O)C(=O)O. The molecule has 0 radical (unpaired) electrons. The Morgan fingerprint density at radius 1 is 0.269 bits per heavy atom. The highest BCUT2D eigenvalue weighted by Gasteiger charge is 2.21. The lowest BCUT2D eigenvalue weighted by molar-refractivity contribution is -0.142. The van der Waals surface area contributed by atoms with Crippen LogP contribution in [0.2, 0.25) is 0 Å². The Kier molecular flexibility index (Phi) is 62.2. The van der Waals surface area contributed by atoms with Crippen LogP contribution in [0.5, 0.6) is 0 Å². The number of aliphatic carboxylic acids is 3. The molecule has 31 nitrogen and oxygen atoms in total. The van der Waals surface area contributed by atoms with E-state index in [2.05, 4.69) is 42.5 Å². The second-order valence-corrected chi connectivity index (χ2v) is 21.6. The van der Waals surface area contributed by atoms with Gasteiger partial charge in [-0.15, -0.1) is 0 Å². The molecule has 0 spiro atoms. The maximum Gasteiger partial charge on any atom is 0.326 e. The fourth-order valence-electron chi connectivity index (χ4n) is 8.51. The normalized spacial score (nSPS) is 11.8. The minimum Gasteiger partial charge on any atom is -0.481 e. The molecule has 31 heteroatoms. The first-order chi connectivity index (χ1) is 45.1. The Balaban J connectivity index is 3.55. The molecule has 0 bridgehead atoms. The predicted octanol–water partition coefficient (Wildman–Crippen LogP) is 1.15. The Morgan fingerprint density at radius 2 is 0.548 bits per heavy atom. The number of carboxylic acids is 3. The lowest BCUT2D eigenvalue weighted by atomic mass is 10.0. The smallest absolute Gasteiger partial charge is 0.326 e. The summed E-state index contributed by atoms with van der Waals surface area (Å²) < 4.78 is 53.4. The van der Waals surface area contributed by atoms with Crippen molar-refractivity contribution in [3.05, 3.63) is 0 Å². The second-order valence-electron chi connectivity index (χ2n) is 21.6. The van der Waals surface area contributed by atoms with E-state index in [1.54, 1.807) is 7.05 Å². The summed E-state index contributed by atoms with van der Waals surface area (Å²) in [6, 6.07) is -1.76. The van der Waals surface area contributed by atoms with Gasteiger partial charge in [0.15, 0.2) is 0 Å². The number of nitrogens with one attached hydrogen (secondary N) is 8. The molecule has 11 N–H and O–H groups in total. The number of hydrogen-bond acceptors (Lipinski definition) is 21. The van der Waals surface area contributed by atoms with Gasteiger partial charge in [-0.05, 0) is 45.6 Å². The van der Waals surface area contributed by atoms with Crippen molar-refractivity contribution in [3.8, 4) is 0 Å². The van der Waals surface area contributed by atoms with E-state index in [1.807, 2.05) is 0 Å². The number of amides is 7. The Morgan fingerprint density at radius 3 is 0.849 bits per heavy atom. The number of carbonyl (C=O) groups excluding carboxylic acids is 7. The van der Waals surface area contributed by atoms with Crippen molar-refractivity contribution in [1.29, 1.82) is 0 Å². The van der Waals surface area contributed by atoms with E-state index in [0.29, 0.717) is 32.2 Å². The van der Waals surface area contributed by atoms with Crippen molar-refractivity contribution in [2.45, 2.75) is 160 Å². The molecule has 0 aliphatic carbocycles. The molecule has 0 heterocycles. The highest BCUT2D eigenvalue weighted by atomic mass is 16.5. The quantitative estimate of drug-likeness (QED) is 0.0380. The van der Waals surface area contributed by atoms with Crippen LogP contribution in [0, 0.1) is 0 Å². The molecule has 0 rings (SSSR count). The number of carboxylic acid groups (broad SMARTS) is 3. The summed E-state index contributed by atoms with van der Waals surface area (Å²) in [4.78, 5) is 118. The van der Waals surface area contributed by atoms with Crippen molar-refractivity contribution >= 4 is 59.3 Å². The van der Waals surface area contributed by atoms with Gasteiger partial charge in [-0.3, -0.25) is 43.2 Å². The number of likely N-dealkylation sites (N-methyl/N-ethyl adjacent to an activating group) is 1. The van der Waals surface area contributed by atoms with E-state index >= 15 is 0 Å². The Hall–Kier alpha value is -5.74. The molecular weight excluding hydrogens is 1220 g/mol. The van der Waals surface area contributed by atoms with E-state index in [0.717, 1.165) is 38.5 Å². The maximum atomic E-state index is 12.4. The predicted molar refractivity (Wildman–Crippen MR) is 340 cm³/mol. The van der Waals surface area contributed by atoms with Gasteiger partial charge < -0.3 is 105 Å². The molecule has 0 fully saturated rings. The van der Waals surface area contributed by atoms with Crippen LogP contribution in [0.15, 0.2) is 0 Å². The number of ether oxygens (including phenoxy) is 10. The van der Waals surface area contributed by atoms with Gasteiger partial charge in [0.2, 0.25) is 41.4 Å². The molecule has 0 aromatic carbocycles. The van der Waals surface area contributed by atoms with Gasteiger partial charge in [0.1, 0.15) is 45.1 Å². The number of hydrogen-bond donors (Lipinski definition) is 11. The fraction of sp³-hybridized carbons (Fsp3) is 0.839. The highest BCUT2D eigenvalue weighted by Crippen LogP contribution is 2.15. The third-order valence-electron chi connectivity index (χ3n) is 13.6. The molecular formula is C62H114N8O23. The molecule has 93 heavy (non-hydrogen) atoms. The van der Waals surface area contributed by atoms with E-state index < -0.39 is 30.0 Å². The van der Waals surface area contributed by atoms with Gasteiger partial charge in [0, 0.05) is 58.5 Å². The standard InChI is InChI=1S/C62H114N8O23/c1-63-51(61(80)81)20-18-19-25-64-55(73)46-89-41-37-85-32-27-66-57(75)48-91-43-39-87-34-29-68-59(77)50-93-45-40-88-35-30-69-58(76)49-92-44-38-86-33-28-67-56(74)47-90-42-36-84-31-26-65-53(71)24-23-52(62(82)83)70-54(72)21-16-14-12-10-8-6-4-2-3-5-7-9-11-13-15-17-22-60(78)79/h51-52,63H,2-50H2,1H3,(H,64,73)(H,65,71)(H,66,75)(H,67,74)(H,68,77)(H,69,76)(H,70,72)(H,78,79)(H,80,81)(H,82,83)/t51-,52-/m0/s1. The molecule has 540 valence electrons. The molecule has 0 unspecified atom stereocenters. The highest BCUT2D eigenvalue weighted by molar-refractivity contribution is 5.84. The van der Waals surface area contributed by atoms with E-state index in [4.69, 9.17) is 57.6 Å². The first kappa shape index (κ1) is 87.3. The summed E-state index contributed by atoms with van der Waals surface area (Å²) in [6.07, 6.45) is 19.8. The monoisotopic (exact) mass is 1340 g/mol. The molecule has 0 saturated heterocycles. The van der Waals surface area contributed by atoms with Crippen LogP contribution < -0.4 is 42.5 Å². The Bertz CT molecular complexity index is 1950. The van der Waals surface area contributed by atoms with E-state index in [-0.39, 0.29) is 232 Å². The zero-order valence-electron chi connectivity index (χ0n) is 55.3. The van der Waals surface area contributed by atoms with Gasteiger partial charge in [-0.1, -0.05) is 89.9 Å². The molecule has 0 aliphatic heterocycles. The molecule has 0 aliphatic rings. The van der Waals surface area contributed by atoms with Crippen molar-refractivity contribution < 1.29 is 111 Å². The number of rotatable bonds is 71. The first-order valence-electron chi connectivity index (χ1n) is 33.2. The molecule has 7 amide bonds. The molecule has 0 aromatic heterocycles. The summed E-state index contributed by atoms with van der Waals surface area (Å²) in [5.74, 6) is -5.14. The van der Waals surface area contributed by atoms with Crippen LogP contribution in [-0.4, -0.2) is 265 Å². The van der Waals surface area contributed by atoms with Crippen LogP contribution in [0.1, 0.15) is 148 Å². The summed E-state index contributed by atoms with van der Waals surface area (Å²) in [7, 11) is 1.59. The molecule has 2 atom stereocenters. The average molecular weight is 1340 g/mol. The van der Waals surface area contributed by atoms with Gasteiger partial charge in [-0.2, -0.15) is 0 Å². The zero-order valence-corrected chi connectivity index (χ0v) is 55.3. The minimum atomic E-state index is -1.19. The van der Waals surface area contributed by atoms with Crippen molar-refractivity contribution in [2.75, 3.05) is 178 Å². The third kappa shape index (κ3) is 64.7. The van der Waals surface area contributed by atoms with Gasteiger partial charge in [0.25, 0.3) is 0 Å². The summed E-state index contributed by atoms with van der Waals surface area (Å²) in [5, 5.41) is 48.5. The van der Waals surface area contributed by atoms with E-state index in [9.17, 15) is 53.1 Å². The topological polar surface area (TPSA) is 420 Å². The lowest BCUT2D eigenvalue weighted by Gasteiger charge is -2.14. The summed E-state index contributed by atoms with van der Waals surface area (Å²) in [6.45, 7) is 3.76. The van der Waals surface area contributed by atoms with Gasteiger partial charge in [0.05, 0.1) is 99.1 Å².